The van der Waals surface area contributed by atoms with Crippen LogP contribution in [0.3, 0.4) is 0 Å². The van der Waals surface area contributed by atoms with Crippen molar-refractivity contribution in [3.8, 4) is 23.5 Å². The van der Waals surface area contributed by atoms with Crippen molar-refractivity contribution in [1.82, 2.24) is 9.13 Å². The van der Waals surface area contributed by atoms with Crippen molar-refractivity contribution >= 4 is 55.0 Å². The first kappa shape index (κ1) is 27.8. The highest BCUT2D eigenvalue weighted by atomic mass is 16.1. The lowest BCUT2D eigenvalue weighted by atomic mass is 9.99. The minimum absolute atomic E-state index is 0.147. The number of nitriles is 2. The van der Waals surface area contributed by atoms with Gasteiger partial charge in [-0.2, -0.15) is 10.5 Å². The number of hydrogen-bond acceptors (Lipinski definition) is 4. The van der Waals surface area contributed by atoms with Gasteiger partial charge in [0.1, 0.15) is 6.07 Å². The Morgan fingerprint density at radius 3 is 1.65 bits per heavy atom. The van der Waals surface area contributed by atoms with Gasteiger partial charge in [0.15, 0.2) is 16.5 Å². The maximum atomic E-state index is 14.3. The number of pyridine rings is 2. The third-order valence-electron chi connectivity index (χ3n) is 8.29. The predicted octanol–water partition coefficient (Wildman–Crippen LogP) is 8.06. The van der Waals surface area contributed by atoms with E-state index in [1.807, 2.05) is 77.6 Å². The third-order valence-corrected chi connectivity index (χ3v) is 8.29. The molecule has 8 heteroatoms. The van der Waals surface area contributed by atoms with Crippen LogP contribution in [0.2, 0.25) is 0 Å². The molecule has 214 valence electrons. The molecule has 46 heavy (non-hydrogen) atoms. The molecule has 0 radical (unpaired) electrons. The van der Waals surface area contributed by atoms with Crippen molar-refractivity contribution in [1.29, 1.82) is 10.5 Å². The second-order valence-corrected chi connectivity index (χ2v) is 11.1. The van der Waals surface area contributed by atoms with Crippen LogP contribution < -0.4 is 10.9 Å². The van der Waals surface area contributed by atoms with Crippen molar-refractivity contribution in [2.24, 2.45) is 0 Å². The standard InChI is InChI=1S/C38H20N6O2/c1-21-5-9-26(10-6-21)43-33-18-34-29(17-28(33)37(45)30-14-23(19-39)13-24(20-40)35(30)43)38(46)31-15-25(41-3)16-32(42-4)36(31)44(34)27-11-7-22(2)8-12-27/h5-18H,1-2H3. The van der Waals surface area contributed by atoms with Gasteiger partial charge in [0.05, 0.1) is 52.4 Å². The zero-order chi connectivity index (χ0) is 32.3. The summed E-state index contributed by atoms with van der Waals surface area (Å²) in [4.78, 5) is 35.7. The van der Waals surface area contributed by atoms with E-state index in [1.165, 1.54) is 24.3 Å². The lowest BCUT2D eigenvalue weighted by Gasteiger charge is -2.21. The van der Waals surface area contributed by atoms with Gasteiger partial charge in [0.25, 0.3) is 0 Å². The summed E-state index contributed by atoms with van der Waals surface area (Å²) in [6.45, 7) is 19.5. The molecule has 0 saturated heterocycles. The molecule has 0 aliphatic heterocycles. The van der Waals surface area contributed by atoms with Crippen molar-refractivity contribution in [2.75, 3.05) is 0 Å². The molecule has 0 saturated carbocycles. The molecule has 7 rings (SSSR count). The summed E-state index contributed by atoms with van der Waals surface area (Å²) in [6.07, 6.45) is 0. The summed E-state index contributed by atoms with van der Waals surface area (Å²) in [5.74, 6) is 0. The first-order valence-electron chi connectivity index (χ1n) is 14.2. The average Bonchev–Trinajstić information content (AvgIpc) is 3.08. The fraction of sp³-hybridized carbons (Fsp3) is 0.0526. The van der Waals surface area contributed by atoms with E-state index < -0.39 is 10.9 Å². The van der Waals surface area contributed by atoms with Crippen molar-refractivity contribution in [3.05, 3.63) is 150 Å². The summed E-state index contributed by atoms with van der Waals surface area (Å²) in [6, 6.07) is 28.7. The van der Waals surface area contributed by atoms with E-state index in [1.54, 1.807) is 12.1 Å². The molecule has 2 aromatic heterocycles. The fourth-order valence-electron chi connectivity index (χ4n) is 6.13. The van der Waals surface area contributed by atoms with Gasteiger partial charge in [-0.15, -0.1) is 0 Å². The minimum atomic E-state index is -0.429. The topological polar surface area (TPSA) is 100 Å². The number of rotatable bonds is 2. The Morgan fingerprint density at radius 2 is 1.15 bits per heavy atom. The molecule has 0 N–H and O–H groups in total. The van der Waals surface area contributed by atoms with E-state index >= 15 is 0 Å². The van der Waals surface area contributed by atoms with Gasteiger partial charge in [0.2, 0.25) is 5.69 Å². The van der Waals surface area contributed by atoms with Crippen molar-refractivity contribution in [2.45, 2.75) is 13.8 Å². The average molecular weight is 593 g/mol. The molecule has 0 atom stereocenters. The molecule has 0 unspecified atom stereocenters. The Labute approximate surface area is 262 Å². The monoisotopic (exact) mass is 592 g/mol. The van der Waals surface area contributed by atoms with E-state index in [4.69, 9.17) is 13.1 Å². The van der Waals surface area contributed by atoms with E-state index in [0.29, 0.717) is 33.4 Å². The van der Waals surface area contributed by atoms with Crippen LogP contribution in [-0.2, 0) is 0 Å². The number of aromatic nitrogens is 2. The molecule has 0 aliphatic rings. The molecular weight excluding hydrogens is 572 g/mol. The third kappa shape index (κ3) is 4.04. The molecule has 7 aromatic rings. The van der Waals surface area contributed by atoms with E-state index in [0.717, 1.165) is 11.1 Å². The fourth-order valence-corrected chi connectivity index (χ4v) is 6.13. The lowest BCUT2D eigenvalue weighted by molar-refractivity contribution is 1.14. The van der Waals surface area contributed by atoms with Crippen LogP contribution in [0.25, 0.3) is 64.7 Å². The molecule has 5 aromatic carbocycles. The van der Waals surface area contributed by atoms with Gasteiger partial charge in [-0.05, 0) is 74.5 Å². The number of fused-ring (bicyclic) bond motifs is 4. The Bertz CT molecular complexity index is 2590. The molecule has 0 amide bonds. The highest BCUT2D eigenvalue weighted by molar-refractivity contribution is 6.08. The van der Waals surface area contributed by atoms with Crippen molar-refractivity contribution in [3.63, 3.8) is 0 Å². The largest absolute Gasteiger partial charge is 0.319 e. The van der Waals surface area contributed by atoms with E-state index in [2.05, 4.69) is 15.8 Å². The Balaban J connectivity index is 1.81. The predicted molar refractivity (Wildman–Crippen MR) is 179 cm³/mol. The highest BCUT2D eigenvalue weighted by Crippen LogP contribution is 2.37. The van der Waals surface area contributed by atoms with Gasteiger partial charge in [-0.3, -0.25) is 9.59 Å². The first-order valence-corrected chi connectivity index (χ1v) is 14.2. The van der Waals surface area contributed by atoms with Crippen LogP contribution in [0.5, 0.6) is 0 Å². The SMILES string of the molecule is [C-]#[N+]c1cc([N+]#[C-])c2c(c1)c(=O)c1cc3c(=O)c4cc(C#N)cc(C#N)c4n(-c4ccc(C)cc4)c3cc1n2-c1ccc(C)cc1. The Kier molecular flexibility index (Phi) is 6.24. The number of nitrogens with zero attached hydrogens (tertiary/aromatic N) is 6. The molecule has 0 aliphatic carbocycles. The summed E-state index contributed by atoms with van der Waals surface area (Å²) >= 11 is 0. The number of hydrogen-bond donors (Lipinski definition) is 0. The zero-order valence-corrected chi connectivity index (χ0v) is 24.6. The van der Waals surface area contributed by atoms with Crippen LogP contribution in [0.4, 0.5) is 11.4 Å². The van der Waals surface area contributed by atoms with Crippen LogP contribution in [0.15, 0.2) is 94.5 Å². The summed E-state index contributed by atoms with van der Waals surface area (Å²) in [7, 11) is 0. The summed E-state index contributed by atoms with van der Waals surface area (Å²) in [5, 5.41) is 20.7. The highest BCUT2D eigenvalue weighted by Gasteiger charge is 2.22. The van der Waals surface area contributed by atoms with Gasteiger partial charge in [-0.25, -0.2) is 9.69 Å². The summed E-state index contributed by atoms with van der Waals surface area (Å²) in [5.41, 5.74) is 4.76. The molecule has 2 heterocycles. The molecular formula is C38H20N6O2. The quantitative estimate of drug-likeness (QED) is 0.150. The molecule has 8 nitrogen and oxygen atoms in total. The smallest absolute Gasteiger partial charge is 0.201 e. The number of aryl methyl sites for hydroxylation is 2. The van der Waals surface area contributed by atoms with Crippen LogP contribution in [0, 0.1) is 49.7 Å². The second-order valence-electron chi connectivity index (χ2n) is 11.1. The van der Waals surface area contributed by atoms with Crippen LogP contribution in [0.1, 0.15) is 22.3 Å². The summed E-state index contributed by atoms with van der Waals surface area (Å²) < 4.78 is 3.64. The Morgan fingerprint density at radius 1 is 0.609 bits per heavy atom. The molecule has 0 bridgehead atoms. The maximum Gasteiger partial charge on any atom is 0.201 e. The second kappa shape index (κ2) is 10.3. The minimum Gasteiger partial charge on any atom is -0.319 e. The lowest BCUT2D eigenvalue weighted by Crippen LogP contribution is -2.15. The van der Waals surface area contributed by atoms with Gasteiger partial charge in [0, 0.05) is 32.9 Å². The first-order chi connectivity index (χ1) is 22.3. The van der Waals surface area contributed by atoms with E-state index in [-0.39, 0.29) is 44.0 Å². The van der Waals surface area contributed by atoms with Crippen LogP contribution in [-0.4, -0.2) is 9.13 Å². The normalized spacial score (nSPS) is 10.9. The molecule has 0 fully saturated rings. The van der Waals surface area contributed by atoms with Gasteiger partial charge < -0.3 is 9.13 Å². The van der Waals surface area contributed by atoms with Gasteiger partial charge in [-0.1, -0.05) is 35.4 Å². The Hall–Kier alpha value is -7.00. The van der Waals surface area contributed by atoms with E-state index in [9.17, 15) is 20.1 Å². The number of benzene rings is 5. The van der Waals surface area contributed by atoms with Crippen molar-refractivity contribution < 1.29 is 0 Å². The zero-order valence-electron chi connectivity index (χ0n) is 24.6. The molecule has 0 spiro atoms. The van der Waals surface area contributed by atoms with Gasteiger partial charge >= 0.3 is 0 Å². The van der Waals surface area contributed by atoms with Crippen LogP contribution >= 0.6 is 0 Å². The maximum absolute atomic E-state index is 14.3.